The monoisotopic (exact) mass is 296 g/mol. The summed E-state index contributed by atoms with van der Waals surface area (Å²) in [6.07, 6.45) is 2.66. The van der Waals surface area contributed by atoms with Crippen molar-refractivity contribution in [1.82, 2.24) is 24.7 Å². The molecule has 2 aromatic rings. The van der Waals surface area contributed by atoms with Crippen LogP contribution in [0, 0.1) is 0 Å². The molecule has 0 bridgehead atoms. The fourth-order valence-electron chi connectivity index (χ4n) is 1.57. The molecule has 0 radical (unpaired) electrons. The third-order valence-electron chi connectivity index (χ3n) is 2.36. The van der Waals surface area contributed by atoms with Gasteiger partial charge in [0.05, 0.1) is 11.8 Å². The lowest BCUT2D eigenvalue weighted by Crippen LogP contribution is -2.13. The van der Waals surface area contributed by atoms with E-state index in [1.165, 1.54) is 0 Å². The van der Waals surface area contributed by atoms with Gasteiger partial charge in [0.1, 0.15) is 0 Å². The summed E-state index contributed by atoms with van der Waals surface area (Å²) in [6.45, 7) is 4.44. The van der Waals surface area contributed by atoms with E-state index in [9.17, 15) is 0 Å². The molecule has 1 N–H and O–H groups in total. The van der Waals surface area contributed by atoms with Crippen LogP contribution in [0.5, 0.6) is 6.01 Å². The maximum Gasteiger partial charge on any atom is 0.322 e. The van der Waals surface area contributed by atoms with E-state index in [-0.39, 0.29) is 17.4 Å². The normalized spacial score (nSPS) is 10.8. The van der Waals surface area contributed by atoms with Crippen LogP contribution in [0.4, 0.5) is 5.95 Å². The summed E-state index contributed by atoms with van der Waals surface area (Å²) >= 11 is 5.83. The van der Waals surface area contributed by atoms with Crippen LogP contribution in [-0.4, -0.2) is 37.4 Å². The molecule has 108 valence electrons. The first kappa shape index (κ1) is 14.5. The second kappa shape index (κ2) is 6.51. The number of anilines is 1. The fourth-order valence-corrected chi connectivity index (χ4v) is 1.73. The predicted octanol–water partition coefficient (Wildman–Crippen LogP) is 1.70. The average molecular weight is 297 g/mol. The van der Waals surface area contributed by atoms with Gasteiger partial charge in [-0.05, 0) is 31.5 Å². The average Bonchev–Trinajstić information content (AvgIpc) is 2.73. The Kier molecular flexibility index (Phi) is 4.73. The molecule has 2 rings (SSSR count). The van der Waals surface area contributed by atoms with E-state index in [4.69, 9.17) is 16.3 Å². The van der Waals surface area contributed by atoms with Gasteiger partial charge >= 0.3 is 6.01 Å². The molecule has 0 aliphatic rings. The van der Waals surface area contributed by atoms with Gasteiger partial charge in [0, 0.05) is 26.2 Å². The number of rotatable bonds is 6. The van der Waals surface area contributed by atoms with Crippen LogP contribution in [0.2, 0.25) is 5.28 Å². The Morgan fingerprint density at radius 1 is 1.35 bits per heavy atom. The van der Waals surface area contributed by atoms with E-state index in [2.05, 4.69) is 25.4 Å². The molecule has 0 atom stereocenters. The molecule has 0 amide bonds. The van der Waals surface area contributed by atoms with Crippen molar-refractivity contribution in [2.75, 3.05) is 11.9 Å². The Labute approximate surface area is 122 Å². The maximum atomic E-state index is 5.83. The van der Waals surface area contributed by atoms with Crippen LogP contribution >= 0.6 is 11.6 Å². The molecule has 0 fully saturated rings. The quantitative estimate of drug-likeness (QED) is 0.874. The Bertz CT molecular complexity index is 571. The van der Waals surface area contributed by atoms with Crippen molar-refractivity contribution in [2.45, 2.75) is 26.4 Å². The molecule has 0 saturated heterocycles. The first-order valence-electron chi connectivity index (χ1n) is 6.33. The minimum absolute atomic E-state index is 0.0187. The first-order valence-corrected chi connectivity index (χ1v) is 6.71. The highest BCUT2D eigenvalue weighted by molar-refractivity contribution is 6.28. The van der Waals surface area contributed by atoms with Crippen molar-refractivity contribution in [3.63, 3.8) is 0 Å². The molecule has 2 aromatic heterocycles. The van der Waals surface area contributed by atoms with E-state index in [0.29, 0.717) is 12.5 Å². The van der Waals surface area contributed by atoms with Crippen molar-refractivity contribution in [3.8, 4) is 6.01 Å². The zero-order valence-corrected chi connectivity index (χ0v) is 12.4. The van der Waals surface area contributed by atoms with Crippen molar-refractivity contribution in [3.05, 3.63) is 23.2 Å². The zero-order chi connectivity index (χ0) is 14.5. The standard InChI is InChI=1S/C12H17ClN6O/c1-8(2)20-12-16-10(13)15-11(17-12)14-6-4-9-5-7-19(3)18-9/h5,7-8H,4,6H2,1-3H3,(H,14,15,16,17). The zero-order valence-electron chi connectivity index (χ0n) is 11.7. The molecule has 0 spiro atoms. The molecule has 0 saturated carbocycles. The van der Waals surface area contributed by atoms with Crippen molar-refractivity contribution < 1.29 is 4.74 Å². The van der Waals surface area contributed by atoms with Crippen molar-refractivity contribution in [1.29, 1.82) is 0 Å². The minimum atomic E-state index is -0.0187. The van der Waals surface area contributed by atoms with Gasteiger partial charge in [0.25, 0.3) is 0 Å². The van der Waals surface area contributed by atoms with E-state index in [0.717, 1.165) is 12.1 Å². The van der Waals surface area contributed by atoms with E-state index in [1.54, 1.807) is 4.68 Å². The number of nitrogens with one attached hydrogen (secondary N) is 1. The smallest absolute Gasteiger partial charge is 0.322 e. The molecule has 2 heterocycles. The van der Waals surface area contributed by atoms with E-state index < -0.39 is 0 Å². The number of hydrogen-bond acceptors (Lipinski definition) is 6. The van der Waals surface area contributed by atoms with Crippen molar-refractivity contribution in [2.24, 2.45) is 7.05 Å². The van der Waals surface area contributed by atoms with Crippen LogP contribution in [0.15, 0.2) is 12.3 Å². The molecule has 0 unspecified atom stereocenters. The number of halogens is 1. The maximum absolute atomic E-state index is 5.83. The Morgan fingerprint density at radius 3 is 2.80 bits per heavy atom. The summed E-state index contributed by atoms with van der Waals surface area (Å²) in [6, 6.07) is 2.19. The summed E-state index contributed by atoms with van der Waals surface area (Å²) in [5.41, 5.74) is 0.999. The molecule has 7 nitrogen and oxygen atoms in total. The second-order valence-electron chi connectivity index (χ2n) is 4.53. The van der Waals surface area contributed by atoms with Crippen LogP contribution in [-0.2, 0) is 13.5 Å². The molecule has 0 aliphatic heterocycles. The largest absolute Gasteiger partial charge is 0.461 e. The summed E-state index contributed by atoms with van der Waals surface area (Å²) in [4.78, 5) is 12.1. The number of hydrogen-bond donors (Lipinski definition) is 1. The van der Waals surface area contributed by atoms with Gasteiger partial charge < -0.3 is 10.1 Å². The van der Waals surface area contributed by atoms with Gasteiger partial charge in [0.2, 0.25) is 11.2 Å². The molecule has 20 heavy (non-hydrogen) atoms. The number of nitrogens with zero attached hydrogens (tertiary/aromatic N) is 5. The lowest BCUT2D eigenvalue weighted by Gasteiger charge is -2.09. The van der Waals surface area contributed by atoms with Gasteiger partial charge in [-0.1, -0.05) is 0 Å². The Morgan fingerprint density at radius 2 is 2.15 bits per heavy atom. The molecular weight excluding hydrogens is 280 g/mol. The highest BCUT2D eigenvalue weighted by Gasteiger charge is 2.07. The first-order chi connectivity index (χ1) is 9.52. The van der Waals surface area contributed by atoms with Gasteiger partial charge in [0.15, 0.2) is 0 Å². The summed E-state index contributed by atoms with van der Waals surface area (Å²) in [5, 5.41) is 7.48. The molecule has 0 aliphatic carbocycles. The summed E-state index contributed by atoms with van der Waals surface area (Å²) in [5.74, 6) is 0.400. The SMILES string of the molecule is CC(C)Oc1nc(Cl)nc(NCCc2ccn(C)n2)n1. The molecule has 0 aromatic carbocycles. The van der Waals surface area contributed by atoms with Crippen LogP contribution in [0.1, 0.15) is 19.5 Å². The third-order valence-corrected chi connectivity index (χ3v) is 2.53. The number of aromatic nitrogens is 5. The third kappa shape index (κ3) is 4.34. The Hall–Kier alpha value is -1.89. The molecule has 8 heteroatoms. The van der Waals surface area contributed by atoms with Gasteiger partial charge in [-0.15, -0.1) is 0 Å². The van der Waals surface area contributed by atoms with E-state index in [1.807, 2.05) is 33.2 Å². The van der Waals surface area contributed by atoms with Gasteiger partial charge in [-0.3, -0.25) is 4.68 Å². The second-order valence-corrected chi connectivity index (χ2v) is 4.87. The lowest BCUT2D eigenvalue weighted by molar-refractivity contribution is 0.222. The van der Waals surface area contributed by atoms with Crippen LogP contribution in [0.3, 0.4) is 0 Å². The van der Waals surface area contributed by atoms with Crippen LogP contribution in [0.25, 0.3) is 0 Å². The highest BCUT2D eigenvalue weighted by Crippen LogP contribution is 2.12. The van der Waals surface area contributed by atoms with Gasteiger partial charge in [-0.25, -0.2) is 0 Å². The Balaban J connectivity index is 1.93. The predicted molar refractivity (Wildman–Crippen MR) is 76.0 cm³/mol. The summed E-state index contributed by atoms with van der Waals surface area (Å²) in [7, 11) is 1.89. The number of aryl methyl sites for hydroxylation is 1. The highest BCUT2D eigenvalue weighted by atomic mass is 35.5. The number of ether oxygens (including phenoxy) is 1. The fraction of sp³-hybridized carbons (Fsp3) is 0.500. The minimum Gasteiger partial charge on any atom is -0.461 e. The summed E-state index contributed by atoms with van der Waals surface area (Å²) < 4.78 is 7.17. The van der Waals surface area contributed by atoms with Gasteiger partial charge in [-0.2, -0.15) is 20.1 Å². The lowest BCUT2D eigenvalue weighted by atomic mass is 10.3. The van der Waals surface area contributed by atoms with Crippen molar-refractivity contribution >= 4 is 17.5 Å². The van der Waals surface area contributed by atoms with E-state index >= 15 is 0 Å². The topological polar surface area (TPSA) is 77.8 Å². The molecular formula is C12H17ClN6O. The van der Waals surface area contributed by atoms with Crippen LogP contribution < -0.4 is 10.1 Å².